The van der Waals surface area contributed by atoms with Crippen LogP contribution in [0, 0.1) is 6.92 Å². The Morgan fingerprint density at radius 3 is 2.66 bits per heavy atom. The second-order valence-corrected chi connectivity index (χ2v) is 11.8. The van der Waals surface area contributed by atoms with Gasteiger partial charge in [-0.2, -0.15) is 5.10 Å². The van der Waals surface area contributed by atoms with Gasteiger partial charge in [-0.1, -0.05) is 83.9 Å². The van der Waals surface area contributed by atoms with Gasteiger partial charge >= 0.3 is 0 Å². The lowest BCUT2D eigenvalue weighted by atomic mass is 9.98. The van der Waals surface area contributed by atoms with Gasteiger partial charge in [-0.05, 0) is 37.5 Å². The van der Waals surface area contributed by atoms with E-state index in [-0.39, 0.29) is 35.5 Å². The Bertz CT molecular complexity index is 1570. The summed E-state index contributed by atoms with van der Waals surface area (Å²) in [4.78, 5) is 28.7. The third kappa shape index (κ3) is 5.77. The predicted molar refractivity (Wildman–Crippen MR) is 164 cm³/mol. The summed E-state index contributed by atoms with van der Waals surface area (Å²) in [6.45, 7) is 3.07. The lowest BCUT2D eigenvalue weighted by Gasteiger charge is -2.24. The molecule has 1 fully saturated rings. The van der Waals surface area contributed by atoms with Crippen LogP contribution in [-0.4, -0.2) is 53.1 Å². The van der Waals surface area contributed by atoms with Crippen LogP contribution in [0.25, 0.3) is 16.9 Å². The number of aryl methyl sites for hydroxylation is 1. The van der Waals surface area contributed by atoms with Gasteiger partial charge in [-0.3, -0.25) is 14.5 Å². The molecule has 4 aromatic rings. The van der Waals surface area contributed by atoms with Gasteiger partial charge < -0.3 is 10.1 Å². The molecule has 2 atom stereocenters. The van der Waals surface area contributed by atoms with Crippen molar-refractivity contribution in [3.05, 3.63) is 101 Å². The van der Waals surface area contributed by atoms with E-state index in [1.807, 2.05) is 54.6 Å². The number of anilines is 1. The van der Waals surface area contributed by atoms with Crippen LogP contribution in [0.4, 0.5) is 5.82 Å². The van der Waals surface area contributed by atoms with Gasteiger partial charge in [0.15, 0.2) is 0 Å². The largest absolute Gasteiger partial charge is 0.376 e. The summed E-state index contributed by atoms with van der Waals surface area (Å²) in [5, 5.41) is 8.39. The normalized spacial score (nSPS) is 18.7. The molecule has 0 saturated carbocycles. The maximum atomic E-state index is 13.9. The van der Waals surface area contributed by atoms with E-state index in [0.717, 1.165) is 40.8 Å². The number of carbonyl (C=O) groups is 2. The van der Waals surface area contributed by atoms with Gasteiger partial charge in [0, 0.05) is 24.3 Å². The molecule has 1 saturated heterocycles. The second-order valence-electron chi connectivity index (χ2n) is 10.3. The first-order valence-corrected chi connectivity index (χ1v) is 15.2. The number of rotatable bonds is 7. The van der Waals surface area contributed by atoms with Gasteiger partial charge in [0.2, 0.25) is 11.8 Å². The van der Waals surface area contributed by atoms with Crippen LogP contribution >= 0.6 is 23.4 Å². The average Bonchev–Trinajstić information content (AvgIpc) is 3.61. The summed E-state index contributed by atoms with van der Waals surface area (Å²) in [7, 11) is 0. The van der Waals surface area contributed by atoms with Crippen molar-refractivity contribution in [1.29, 1.82) is 0 Å². The van der Waals surface area contributed by atoms with Crippen molar-refractivity contribution in [3.63, 3.8) is 0 Å². The zero-order valence-electron chi connectivity index (χ0n) is 22.8. The van der Waals surface area contributed by atoms with E-state index in [0.29, 0.717) is 29.7 Å². The van der Waals surface area contributed by atoms with Crippen LogP contribution in [-0.2, 0) is 14.3 Å². The van der Waals surface area contributed by atoms with Gasteiger partial charge in [-0.15, -0.1) is 11.8 Å². The first-order chi connectivity index (χ1) is 20.0. The molecule has 9 heteroatoms. The molecule has 0 radical (unpaired) electrons. The number of para-hydroxylation sites is 1. The first kappa shape index (κ1) is 27.6. The molecule has 3 aromatic carbocycles. The lowest BCUT2D eigenvalue weighted by Crippen LogP contribution is -2.44. The number of ether oxygens (including phenoxy) is 1. The Morgan fingerprint density at radius 2 is 1.90 bits per heavy atom. The minimum atomic E-state index is -0.244. The van der Waals surface area contributed by atoms with Gasteiger partial charge in [0.1, 0.15) is 12.4 Å². The van der Waals surface area contributed by atoms with Crippen LogP contribution in [0.5, 0.6) is 0 Å². The smallest absolute Gasteiger partial charge is 0.240 e. The maximum Gasteiger partial charge on any atom is 0.240 e. The second kappa shape index (κ2) is 12.1. The van der Waals surface area contributed by atoms with E-state index >= 15 is 0 Å². The van der Waals surface area contributed by atoms with Crippen molar-refractivity contribution >= 4 is 41.0 Å². The molecule has 0 bridgehead atoms. The molecule has 2 amide bonds. The highest BCUT2D eigenvalue weighted by molar-refractivity contribution is 8.00. The fourth-order valence-corrected chi connectivity index (χ4v) is 6.85. The Labute approximate surface area is 248 Å². The van der Waals surface area contributed by atoms with E-state index in [4.69, 9.17) is 21.4 Å². The number of nitrogens with zero attached hydrogens (tertiary/aromatic N) is 3. The predicted octanol–water partition coefficient (Wildman–Crippen LogP) is 5.97. The van der Waals surface area contributed by atoms with Crippen LogP contribution in [0.15, 0.2) is 78.9 Å². The molecule has 210 valence electrons. The molecule has 3 heterocycles. The summed E-state index contributed by atoms with van der Waals surface area (Å²) in [5.74, 6) is 0.368. The summed E-state index contributed by atoms with van der Waals surface area (Å²) < 4.78 is 7.41. The summed E-state index contributed by atoms with van der Waals surface area (Å²) in [5.41, 5.74) is 5.39. The average molecular weight is 587 g/mol. The molecular formula is C32H31ClN4O3S. The molecule has 0 unspecified atom stereocenters. The van der Waals surface area contributed by atoms with Gasteiger partial charge in [0.25, 0.3) is 0 Å². The highest BCUT2D eigenvalue weighted by atomic mass is 35.5. The molecule has 1 N–H and O–H groups in total. The number of halogens is 1. The van der Waals surface area contributed by atoms with Crippen LogP contribution in [0.3, 0.4) is 0 Å². The molecule has 2 aliphatic heterocycles. The van der Waals surface area contributed by atoms with Crippen molar-refractivity contribution in [2.45, 2.75) is 31.1 Å². The Kier molecular flexibility index (Phi) is 8.14. The zero-order valence-corrected chi connectivity index (χ0v) is 24.3. The fraction of sp³-hybridized carbons (Fsp3) is 0.281. The summed E-state index contributed by atoms with van der Waals surface area (Å²) in [6.07, 6.45) is 1.92. The van der Waals surface area contributed by atoms with Crippen LogP contribution < -0.4 is 10.2 Å². The Balaban J connectivity index is 1.53. The number of thioether (sulfide) groups is 1. The zero-order chi connectivity index (χ0) is 28.3. The van der Waals surface area contributed by atoms with E-state index in [2.05, 4.69) is 30.4 Å². The number of aromatic nitrogens is 2. The molecular weight excluding hydrogens is 556 g/mol. The number of nitrogens with one attached hydrogen (secondary N) is 1. The van der Waals surface area contributed by atoms with Gasteiger partial charge in [0.05, 0.1) is 33.5 Å². The van der Waals surface area contributed by atoms with Crippen molar-refractivity contribution < 1.29 is 14.3 Å². The Hall–Kier alpha value is -3.59. The lowest BCUT2D eigenvalue weighted by molar-refractivity contribution is -0.123. The van der Waals surface area contributed by atoms with E-state index < -0.39 is 0 Å². The van der Waals surface area contributed by atoms with Crippen LogP contribution in [0.1, 0.15) is 34.8 Å². The van der Waals surface area contributed by atoms with Gasteiger partial charge in [-0.25, -0.2) is 4.68 Å². The number of carbonyl (C=O) groups excluding carboxylic acids is 2. The van der Waals surface area contributed by atoms with Crippen LogP contribution in [0.2, 0.25) is 5.02 Å². The minimum Gasteiger partial charge on any atom is -0.376 e. The number of fused-ring (bicyclic) bond motifs is 1. The van der Waals surface area contributed by atoms with E-state index in [9.17, 15) is 9.59 Å². The minimum absolute atomic E-state index is 0.00828. The third-order valence-electron chi connectivity index (χ3n) is 7.41. The monoisotopic (exact) mass is 586 g/mol. The first-order valence-electron chi connectivity index (χ1n) is 13.8. The standard InChI is InChI=1S/C32H31ClN4O3S/c1-21-9-7-12-23(17-21)31-29-30(22-10-3-2-4-11-22)35-37(26-15-6-5-14-25(26)33)32(29)36(28(39)20-41-31)19-27(38)34-18-24-13-8-16-40-24/h2-7,9-12,14-15,17,24,31H,8,13,16,18-20H2,1H3,(H,34,38)/t24-,31-/m0/s1. The van der Waals surface area contributed by atoms with Crippen molar-refractivity contribution in [2.75, 3.05) is 30.3 Å². The quantitative estimate of drug-likeness (QED) is 0.289. The SMILES string of the molecule is Cc1cccc([C@@H]2SCC(=O)N(CC(=O)NC[C@@H]3CCCO3)c3c2c(-c2ccccc2)nn3-c2ccccc2Cl)c1. The molecule has 7 nitrogen and oxygen atoms in total. The molecule has 0 aliphatic carbocycles. The topological polar surface area (TPSA) is 76.5 Å². The third-order valence-corrected chi connectivity index (χ3v) is 8.99. The molecule has 0 spiro atoms. The summed E-state index contributed by atoms with van der Waals surface area (Å²) in [6, 6.07) is 25.7. The summed E-state index contributed by atoms with van der Waals surface area (Å²) >= 11 is 8.27. The Morgan fingerprint density at radius 1 is 1.10 bits per heavy atom. The van der Waals surface area contributed by atoms with Crippen molar-refractivity contribution in [3.8, 4) is 16.9 Å². The molecule has 2 aliphatic rings. The number of hydrogen-bond acceptors (Lipinski definition) is 5. The highest BCUT2D eigenvalue weighted by Gasteiger charge is 2.38. The highest BCUT2D eigenvalue weighted by Crippen LogP contribution is 2.49. The van der Waals surface area contributed by atoms with Crippen molar-refractivity contribution in [2.24, 2.45) is 0 Å². The maximum absolute atomic E-state index is 13.9. The number of amides is 2. The van der Waals surface area contributed by atoms with E-state index in [1.54, 1.807) is 27.4 Å². The molecule has 41 heavy (non-hydrogen) atoms. The molecule has 1 aromatic heterocycles. The number of benzene rings is 3. The van der Waals surface area contributed by atoms with E-state index in [1.165, 1.54) is 0 Å². The molecule has 6 rings (SSSR count). The fourth-order valence-electron chi connectivity index (χ4n) is 5.45. The number of hydrogen-bond donors (Lipinski definition) is 1. The van der Waals surface area contributed by atoms with Crippen molar-refractivity contribution in [1.82, 2.24) is 15.1 Å².